The molecule has 1 heterocycles. The topological polar surface area (TPSA) is 105 Å². The number of amides is 1. The standard InChI is InChI=1S/C14H21N3O3/c1-10-8-11(14(15)20)9-12(17-10)16-7-5-3-2-4-6-13(18)19/h8-9H,2-7H2,1H3,(H2,15,20)(H,16,17)(H,18,19). The lowest BCUT2D eigenvalue weighted by molar-refractivity contribution is -0.137. The molecule has 0 radical (unpaired) electrons. The molecule has 20 heavy (non-hydrogen) atoms. The third-order valence-electron chi connectivity index (χ3n) is 2.86. The van der Waals surface area contributed by atoms with Gasteiger partial charge in [-0.05, 0) is 31.9 Å². The van der Waals surface area contributed by atoms with Gasteiger partial charge in [0.1, 0.15) is 5.82 Å². The van der Waals surface area contributed by atoms with Gasteiger partial charge < -0.3 is 16.2 Å². The fourth-order valence-corrected chi connectivity index (χ4v) is 1.87. The number of carboxylic acid groups (broad SMARTS) is 1. The number of unbranched alkanes of at least 4 members (excludes halogenated alkanes) is 3. The Kier molecular flexibility index (Phi) is 6.49. The van der Waals surface area contributed by atoms with E-state index >= 15 is 0 Å². The normalized spacial score (nSPS) is 10.2. The Bertz CT molecular complexity index is 475. The molecule has 0 bridgehead atoms. The molecule has 0 aliphatic rings. The predicted octanol–water partition coefficient (Wildman–Crippen LogP) is 1.94. The van der Waals surface area contributed by atoms with E-state index in [2.05, 4.69) is 10.3 Å². The van der Waals surface area contributed by atoms with E-state index in [1.807, 2.05) is 6.92 Å². The molecule has 1 aromatic rings. The Morgan fingerprint density at radius 3 is 2.60 bits per heavy atom. The Morgan fingerprint density at radius 1 is 1.25 bits per heavy atom. The number of aryl methyl sites for hydroxylation is 1. The number of carbonyl (C=O) groups excluding carboxylic acids is 1. The number of rotatable bonds is 9. The number of hydrogen-bond donors (Lipinski definition) is 3. The fraction of sp³-hybridized carbons (Fsp3) is 0.500. The number of carbonyl (C=O) groups is 2. The Labute approximate surface area is 118 Å². The van der Waals surface area contributed by atoms with Gasteiger partial charge in [-0.2, -0.15) is 0 Å². The van der Waals surface area contributed by atoms with Crippen LogP contribution in [-0.2, 0) is 4.79 Å². The Balaban J connectivity index is 2.28. The molecule has 6 heteroatoms. The van der Waals surface area contributed by atoms with Crippen molar-refractivity contribution >= 4 is 17.7 Å². The average molecular weight is 279 g/mol. The van der Waals surface area contributed by atoms with Gasteiger partial charge in [0.05, 0.1) is 0 Å². The van der Waals surface area contributed by atoms with Crippen LogP contribution < -0.4 is 11.1 Å². The lowest BCUT2D eigenvalue weighted by atomic mass is 10.1. The van der Waals surface area contributed by atoms with Crippen molar-refractivity contribution in [1.82, 2.24) is 4.98 Å². The molecule has 4 N–H and O–H groups in total. The lowest BCUT2D eigenvalue weighted by Gasteiger charge is -2.07. The van der Waals surface area contributed by atoms with Crippen LogP contribution in [-0.4, -0.2) is 28.5 Å². The smallest absolute Gasteiger partial charge is 0.303 e. The van der Waals surface area contributed by atoms with Crippen LogP contribution >= 0.6 is 0 Å². The maximum Gasteiger partial charge on any atom is 0.303 e. The molecule has 0 aromatic carbocycles. The SMILES string of the molecule is Cc1cc(C(N)=O)cc(NCCCCCCC(=O)O)n1. The zero-order valence-electron chi connectivity index (χ0n) is 11.7. The number of aromatic nitrogens is 1. The number of carboxylic acids is 1. The highest BCUT2D eigenvalue weighted by Crippen LogP contribution is 2.10. The van der Waals surface area contributed by atoms with Crippen LogP contribution in [0.4, 0.5) is 5.82 Å². The van der Waals surface area contributed by atoms with E-state index in [0.29, 0.717) is 17.8 Å². The number of nitrogens with one attached hydrogen (secondary N) is 1. The largest absolute Gasteiger partial charge is 0.481 e. The van der Waals surface area contributed by atoms with E-state index in [0.717, 1.165) is 31.5 Å². The van der Waals surface area contributed by atoms with Crippen LogP contribution in [0.1, 0.15) is 48.2 Å². The number of aliphatic carboxylic acids is 1. The number of anilines is 1. The summed E-state index contributed by atoms with van der Waals surface area (Å²) >= 11 is 0. The molecule has 1 aromatic heterocycles. The average Bonchev–Trinajstić information content (AvgIpc) is 2.36. The molecule has 0 aliphatic heterocycles. The van der Waals surface area contributed by atoms with E-state index in [-0.39, 0.29) is 6.42 Å². The van der Waals surface area contributed by atoms with E-state index in [1.165, 1.54) is 0 Å². The van der Waals surface area contributed by atoms with Crippen molar-refractivity contribution in [2.24, 2.45) is 5.73 Å². The van der Waals surface area contributed by atoms with Crippen molar-refractivity contribution in [3.05, 3.63) is 23.4 Å². The quantitative estimate of drug-likeness (QED) is 0.599. The minimum absolute atomic E-state index is 0.231. The summed E-state index contributed by atoms with van der Waals surface area (Å²) in [6, 6.07) is 3.29. The lowest BCUT2D eigenvalue weighted by Crippen LogP contribution is -2.13. The molecule has 0 atom stereocenters. The van der Waals surface area contributed by atoms with Gasteiger partial charge in [-0.25, -0.2) is 4.98 Å². The van der Waals surface area contributed by atoms with Gasteiger partial charge in [0, 0.05) is 24.2 Å². The van der Waals surface area contributed by atoms with Gasteiger partial charge in [-0.15, -0.1) is 0 Å². The summed E-state index contributed by atoms with van der Waals surface area (Å²) in [5.74, 6) is -0.567. The highest BCUT2D eigenvalue weighted by molar-refractivity contribution is 5.93. The van der Waals surface area contributed by atoms with E-state index in [9.17, 15) is 9.59 Å². The highest BCUT2D eigenvalue weighted by Gasteiger charge is 2.04. The number of nitrogens with zero attached hydrogens (tertiary/aromatic N) is 1. The third-order valence-corrected chi connectivity index (χ3v) is 2.86. The zero-order chi connectivity index (χ0) is 15.0. The minimum Gasteiger partial charge on any atom is -0.481 e. The maximum absolute atomic E-state index is 11.1. The second-order valence-corrected chi connectivity index (χ2v) is 4.73. The zero-order valence-corrected chi connectivity index (χ0v) is 11.7. The van der Waals surface area contributed by atoms with Crippen LogP contribution in [0.3, 0.4) is 0 Å². The summed E-state index contributed by atoms with van der Waals surface area (Å²) in [6.07, 6.45) is 3.75. The first-order chi connectivity index (χ1) is 9.49. The van der Waals surface area contributed by atoms with Crippen LogP contribution in [0.2, 0.25) is 0 Å². The molecule has 6 nitrogen and oxygen atoms in total. The summed E-state index contributed by atoms with van der Waals surface area (Å²) < 4.78 is 0. The summed E-state index contributed by atoms with van der Waals surface area (Å²) in [4.78, 5) is 25.7. The summed E-state index contributed by atoms with van der Waals surface area (Å²) in [7, 11) is 0. The van der Waals surface area contributed by atoms with Crippen molar-refractivity contribution in [1.29, 1.82) is 0 Å². The van der Waals surface area contributed by atoms with Gasteiger partial charge in [0.2, 0.25) is 5.91 Å². The van der Waals surface area contributed by atoms with E-state index in [1.54, 1.807) is 12.1 Å². The van der Waals surface area contributed by atoms with Crippen molar-refractivity contribution in [3.8, 4) is 0 Å². The van der Waals surface area contributed by atoms with E-state index < -0.39 is 11.9 Å². The first-order valence-corrected chi connectivity index (χ1v) is 6.73. The summed E-state index contributed by atoms with van der Waals surface area (Å²) in [5.41, 5.74) is 6.43. The van der Waals surface area contributed by atoms with Gasteiger partial charge in [0.25, 0.3) is 0 Å². The highest BCUT2D eigenvalue weighted by atomic mass is 16.4. The first kappa shape index (κ1) is 15.9. The Hall–Kier alpha value is -2.11. The maximum atomic E-state index is 11.1. The second-order valence-electron chi connectivity index (χ2n) is 4.73. The van der Waals surface area contributed by atoms with Gasteiger partial charge in [-0.1, -0.05) is 12.8 Å². The molecule has 0 spiro atoms. The van der Waals surface area contributed by atoms with Crippen LogP contribution in [0, 0.1) is 6.92 Å². The molecule has 110 valence electrons. The molecule has 0 unspecified atom stereocenters. The predicted molar refractivity (Wildman–Crippen MR) is 76.7 cm³/mol. The number of hydrogen-bond acceptors (Lipinski definition) is 4. The van der Waals surface area contributed by atoms with Gasteiger partial charge in [-0.3, -0.25) is 9.59 Å². The second kappa shape index (κ2) is 8.14. The van der Waals surface area contributed by atoms with Crippen molar-refractivity contribution in [3.63, 3.8) is 0 Å². The number of nitrogens with two attached hydrogens (primary N) is 1. The van der Waals surface area contributed by atoms with Crippen molar-refractivity contribution in [2.75, 3.05) is 11.9 Å². The van der Waals surface area contributed by atoms with Crippen LogP contribution in [0.5, 0.6) is 0 Å². The molecule has 1 rings (SSSR count). The summed E-state index contributed by atoms with van der Waals surface area (Å²) in [5, 5.41) is 11.6. The van der Waals surface area contributed by atoms with E-state index in [4.69, 9.17) is 10.8 Å². The molecule has 0 saturated heterocycles. The van der Waals surface area contributed by atoms with Gasteiger partial charge in [0.15, 0.2) is 0 Å². The molecular formula is C14H21N3O3. The molecular weight excluding hydrogens is 258 g/mol. The Morgan fingerprint density at radius 2 is 1.95 bits per heavy atom. The third kappa shape index (κ3) is 6.17. The molecule has 0 fully saturated rings. The van der Waals surface area contributed by atoms with Crippen LogP contribution in [0.15, 0.2) is 12.1 Å². The van der Waals surface area contributed by atoms with Gasteiger partial charge >= 0.3 is 5.97 Å². The summed E-state index contributed by atoms with van der Waals surface area (Å²) in [6.45, 7) is 2.55. The number of primary amides is 1. The number of pyridine rings is 1. The van der Waals surface area contributed by atoms with Crippen LogP contribution in [0.25, 0.3) is 0 Å². The molecule has 0 aliphatic carbocycles. The van der Waals surface area contributed by atoms with Crippen molar-refractivity contribution in [2.45, 2.75) is 39.0 Å². The first-order valence-electron chi connectivity index (χ1n) is 6.73. The molecule has 0 saturated carbocycles. The monoisotopic (exact) mass is 279 g/mol. The van der Waals surface area contributed by atoms with Crippen molar-refractivity contribution < 1.29 is 14.7 Å². The molecule has 1 amide bonds. The minimum atomic E-state index is -0.744. The fourth-order valence-electron chi connectivity index (χ4n) is 1.87.